The van der Waals surface area contributed by atoms with Gasteiger partial charge in [-0.3, -0.25) is 9.59 Å². The first-order chi connectivity index (χ1) is 12.1. The molecule has 1 fully saturated rings. The molecule has 1 saturated heterocycles. The van der Waals surface area contributed by atoms with Crippen LogP contribution in [0.25, 0.3) is 6.08 Å². The third-order valence-corrected chi connectivity index (χ3v) is 3.93. The Morgan fingerprint density at radius 1 is 1.24 bits per heavy atom. The van der Waals surface area contributed by atoms with Crippen molar-refractivity contribution in [2.75, 3.05) is 18.6 Å². The number of rotatable bonds is 5. The van der Waals surface area contributed by atoms with Crippen LogP contribution < -0.4 is 4.90 Å². The van der Waals surface area contributed by atoms with Gasteiger partial charge in [0.1, 0.15) is 5.76 Å². The Morgan fingerprint density at radius 2 is 2.08 bits per heavy atom. The molecule has 0 bridgehead atoms. The predicted octanol–water partition coefficient (Wildman–Crippen LogP) is 3.09. The molecule has 0 spiro atoms. The lowest BCUT2D eigenvalue weighted by molar-refractivity contribution is -0.117. The van der Waals surface area contributed by atoms with Gasteiger partial charge in [-0.05, 0) is 42.8 Å². The zero-order valence-electron chi connectivity index (χ0n) is 13.7. The van der Waals surface area contributed by atoms with Gasteiger partial charge in [-0.25, -0.2) is 4.79 Å². The first kappa shape index (κ1) is 16.7. The number of ketones is 1. The lowest BCUT2D eigenvalue weighted by atomic mass is 10.1. The quantitative estimate of drug-likeness (QED) is 0.475. The van der Waals surface area contributed by atoms with Crippen LogP contribution in [0, 0.1) is 0 Å². The van der Waals surface area contributed by atoms with E-state index in [2.05, 4.69) is 4.74 Å². The molecule has 6 heteroatoms. The number of anilines is 1. The number of benzene rings is 1. The minimum Gasteiger partial charge on any atom is -0.463 e. The zero-order valence-corrected chi connectivity index (χ0v) is 13.7. The Bertz CT molecular complexity index is 849. The monoisotopic (exact) mass is 339 g/mol. The largest absolute Gasteiger partial charge is 0.463 e. The van der Waals surface area contributed by atoms with Crippen LogP contribution in [-0.2, 0) is 9.53 Å². The van der Waals surface area contributed by atoms with Crippen molar-refractivity contribution in [3.8, 4) is 0 Å². The summed E-state index contributed by atoms with van der Waals surface area (Å²) in [7, 11) is 1.27. The average molecular weight is 339 g/mol. The molecular weight excluding hydrogens is 322 g/mol. The van der Waals surface area contributed by atoms with Gasteiger partial charge in [-0.15, -0.1) is 0 Å². The highest BCUT2D eigenvalue weighted by Gasteiger charge is 2.22. The summed E-state index contributed by atoms with van der Waals surface area (Å²) >= 11 is 0. The Hall–Kier alpha value is -3.15. The van der Waals surface area contributed by atoms with E-state index < -0.39 is 5.97 Å². The van der Waals surface area contributed by atoms with Crippen LogP contribution in [0.5, 0.6) is 0 Å². The second-order valence-electron chi connectivity index (χ2n) is 5.59. The molecule has 1 aromatic carbocycles. The van der Waals surface area contributed by atoms with Crippen LogP contribution in [0.2, 0.25) is 0 Å². The van der Waals surface area contributed by atoms with Crippen LogP contribution in [0.4, 0.5) is 5.69 Å². The number of carbonyl (C=O) groups excluding carboxylic acids is 3. The Balaban J connectivity index is 1.74. The zero-order chi connectivity index (χ0) is 17.8. The van der Waals surface area contributed by atoms with Crippen molar-refractivity contribution in [2.45, 2.75) is 12.8 Å². The van der Waals surface area contributed by atoms with Crippen molar-refractivity contribution >= 4 is 29.4 Å². The highest BCUT2D eigenvalue weighted by Crippen LogP contribution is 2.22. The number of esters is 1. The van der Waals surface area contributed by atoms with Gasteiger partial charge in [-0.2, -0.15) is 0 Å². The number of amides is 1. The molecule has 6 nitrogen and oxygen atoms in total. The maximum Gasteiger partial charge on any atom is 0.373 e. The lowest BCUT2D eigenvalue weighted by Gasteiger charge is -2.16. The summed E-state index contributed by atoms with van der Waals surface area (Å²) in [6, 6.07) is 10.0. The van der Waals surface area contributed by atoms with Gasteiger partial charge in [0.15, 0.2) is 5.78 Å². The first-order valence-electron chi connectivity index (χ1n) is 7.89. The minimum atomic E-state index is -0.575. The topological polar surface area (TPSA) is 76.8 Å². The van der Waals surface area contributed by atoms with Crippen molar-refractivity contribution in [1.29, 1.82) is 0 Å². The number of hydrogen-bond acceptors (Lipinski definition) is 5. The van der Waals surface area contributed by atoms with E-state index in [1.807, 2.05) is 6.07 Å². The van der Waals surface area contributed by atoms with E-state index in [1.54, 1.807) is 29.2 Å². The number of carbonyl (C=O) groups is 3. The smallest absolute Gasteiger partial charge is 0.373 e. The normalized spacial score (nSPS) is 14.3. The van der Waals surface area contributed by atoms with E-state index in [0.717, 1.165) is 12.1 Å². The van der Waals surface area contributed by atoms with Crippen molar-refractivity contribution in [2.24, 2.45) is 0 Å². The average Bonchev–Trinajstić information content (AvgIpc) is 3.28. The molecule has 0 radical (unpaired) electrons. The minimum absolute atomic E-state index is 0.0733. The molecule has 3 rings (SSSR count). The number of ether oxygens (including phenoxy) is 1. The van der Waals surface area contributed by atoms with E-state index in [-0.39, 0.29) is 17.5 Å². The molecule has 1 aromatic heterocycles. The second kappa shape index (κ2) is 7.17. The van der Waals surface area contributed by atoms with E-state index >= 15 is 0 Å². The van der Waals surface area contributed by atoms with Crippen molar-refractivity contribution in [3.63, 3.8) is 0 Å². The van der Waals surface area contributed by atoms with Crippen LogP contribution in [0.3, 0.4) is 0 Å². The third-order valence-electron chi connectivity index (χ3n) is 3.93. The second-order valence-corrected chi connectivity index (χ2v) is 5.59. The fourth-order valence-electron chi connectivity index (χ4n) is 2.65. The summed E-state index contributed by atoms with van der Waals surface area (Å²) < 4.78 is 9.83. The molecule has 1 aliphatic rings. The third kappa shape index (κ3) is 3.68. The van der Waals surface area contributed by atoms with E-state index in [4.69, 9.17) is 4.42 Å². The highest BCUT2D eigenvalue weighted by atomic mass is 16.5. The Morgan fingerprint density at radius 3 is 2.80 bits per heavy atom. The molecule has 0 N–H and O–H groups in total. The molecule has 2 heterocycles. The van der Waals surface area contributed by atoms with Crippen LogP contribution in [0.1, 0.15) is 39.5 Å². The van der Waals surface area contributed by atoms with Crippen LogP contribution in [0.15, 0.2) is 46.9 Å². The molecule has 1 aliphatic heterocycles. The van der Waals surface area contributed by atoms with Gasteiger partial charge in [0.05, 0.1) is 7.11 Å². The molecule has 25 heavy (non-hydrogen) atoms. The number of allylic oxidation sites excluding steroid dienone is 1. The highest BCUT2D eigenvalue weighted by molar-refractivity contribution is 6.07. The molecule has 128 valence electrons. The molecular formula is C19H17NO5. The SMILES string of the molecule is COC(=O)c1ccc(/C=C\C(=O)c2cccc(N3CCCC3=O)c2)o1. The molecule has 0 unspecified atom stereocenters. The molecule has 0 saturated carbocycles. The Kier molecular flexibility index (Phi) is 4.79. The van der Waals surface area contributed by atoms with E-state index in [1.165, 1.54) is 25.3 Å². The van der Waals surface area contributed by atoms with Crippen LogP contribution in [-0.4, -0.2) is 31.3 Å². The standard InChI is InChI=1S/C19H17NO5/c1-24-19(23)17-10-8-15(25-17)7-9-16(21)13-4-2-5-14(12-13)20-11-3-6-18(20)22/h2,4-5,7-10,12H,3,6,11H2,1H3/b9-7-. The molecule has 1 amide bonds. The van der Waals surface area contributed by atoms with Crippen molar-refractivity contribution in [3.05, 3.63) is 59.6 Å². The fraction of sp³-hybridized carbons (Fsp3) is 0.211. The summed E-state index contributed by atoms with van der Waals surface area (Å²) in [6.07, 6.45) is 4.23. The molecule has 0 aliphatic carbocycles. The lowest BCUT2D eigenvalue weighted by Crippen LogP contribution is -2.23. The number of hydrogen-bond donors (Lipinski definition) is 0. The summed E-state index contributed by atoms with van der Waals surface area (Å²) in [6.45, 7) is 0.676. The summed E-state index contributed by atoms with van der Waals surface area (Å²) in [4.78, 5) is 37.2. The maximum absolute atomic E-state index is 12.3. The Labute approximate surface area is 144 Å². The summed E-state index contributed by atoms with van der Waals surface area (Å²) in [5, 5.41) is 0. The number of furan rings is 1. The van der Waals surface area contributed by atoms with Gasteiger partial charge in [0, 0.05) is 24.2 Å². The van der Waals surface area contributed by atoms with E-state index in [9.17, 15) is 14.4 Å². The molecule has 0 atom stereocenters. The van der Waals surface area contributed by atoms with Gasteiger partial charge in [-0.1, -0.05) is 12.1 Å². The van der Waals surface area contributed by atoms with E-state index in [0.29, 0.717) is 24.3 Å². The maximum atomic E-state index is 12.3. The number of nitrogens with zero attached hydrogens (tertiary/aromatic N) is 1. The van der Waals surface area contributed by atoms with Crippen molar-refractivity contribution < 1.29 is 23.5 Å². The van der Waals surface area contributed by atoms with Crippen molar-refractivity contribution in [1.82, 2.24) is 0 Å². The summed E-state index contributed by atoms with van der Waals surface area (Å²) in [5.41, 5.74) is 1.21. The molecule has 2 aromatic rings. The first-order valence-corrected chi connectivity index (χ1v) is 7.89. The predicted molar refractivity (Wildman–Crippen MR) is 91.4 cm³/mol. The number of methoxy groups -OCH3 is 1. The van der Waals surface area contributed by atoms with Gasteiger partial charge >= 0.3 is 5.97 Å². The van der Waals surface area contributed by atoms with Gasteiger partial charge in [0.2, 0.25) is 11.7 Å². The van der Waals surface area contributed by atoms with Crippen LogP contribution >= 0.6 is 0 Å². The fourth-order valence-corrected chi connectivity index (χ4v) is 2.65. The van der Waals surface area contributed by atoms with Gasteiger partial charge < -0.3 is 14.1 Å². The summed E-state index contributed by atoms with van der Waals surface area (Å²) in [5.74, 6) is -0.270. The van der Waals surface area contributed by atoms with Gasteiger partial charge in [0.25, 0.3) is 0 Å².